The first-order valence-corrected chi connectivity index (χ1v) is 12.0. The molecule has 0 bridgehead atoms. The van der Waals surface area contributed by atoms with Gasteiger partial charge in [0.05, 0.1) is 12.2 Å². The van der Waals surface area contributed by atoms with Crippen LogP contribution in [-0.2, 0) is 24.2 Å². The molecule has 3 aromatic rings. The van der Waals surface area contributed by atoms with Crippen molar-refractivity contribution in [2.75, 3.05) is 23.8 Å². The maximum atomic E-state index is 12.8. The van der Waals surface area contributed by atoms with E-state index in [9.17, 15) is 4.79 Å². The van der Waals surface area contributed by atoms with Gasteiger partial charge < -0.3 is 15.4 Å². The van der Waals surface area contributed by atoms with Gasteiger partial charge in [-0.15, -0.1) is 11.3 Å². The third-order valence-corrected chi connectivity index (χ3v) is 6.74. The summed E-state index contributed by atoms with van der Waals surface area (Å²) in [4.78, 5) is 16.4. The fourth-order valence-electron chi connectivity index (χ4n) is 3.84. The fraction of sp³-hybridized carbons (Fsp3) is 0.280. The maximum Gasteiger partial charge on any atom is 0.341 e. The zero-order valence-electron chi connectivity index (χ0n) is 18.3. The van der Waals surface area contributed by atoms with E-state index in [1.807, 2.05) is 44.2 Å². The summed E-state index contributed by atoms with van der Waals surface area (Å²) in [6, 6.07) is 18.5. The topological polar surface area (TPSA) is 53.6 Å². The number of carbonyl (C=O) groups is 1. The Hall–Kier alpha value is -2.74. The minimum atomic E-state index is -0.290. The predicted molar refractivity (Wildman–Crippen MR) is 136 cm³/mol. The lowest BCUT2D eigenvalue weighted by molar-refractivity contribution is 0.0526. The lowest BCUT2D eigenvalue weighted by atomic mass is 10.0. The molecule has 7 heteroatoms. The number of hydrogen-bond donors (Lipinski definition) is 2. The average molecular weight is 466 g/mol. The van der Waals surface area contributed by atoms with Crippen molar-refractivity contribution in [1.29, 1.82) is 0 Å². The Balaban J connectivity index is 1.53. The molecule has 2 heterocycles. The number of nitrogens with zero attached hydrogens (tertiary/aromatic N) is 1. The highest BCUT2D eigenvalue weighted by molar-refractivity contribution is 7.80. The normalized spacial score (nSPS) is 13.3. The Morgan fingerprint density at radius 2 is 1.88 bits per heavy atom. The Morgan fingerprint density at radius 3 is 2.59 bits per heavy atom. The summed E-state index contributed by atoms with van der Waals surface area (Å²) in [5.74, 6) is -0.290. The molecule has 5 nitrogen and oxygen atoms in total. The molecule has 0 unspecified atom stereocenters. The Kier molecular flexibility index (Phi) is 7.19. The molecular weight excluding hydrogens is 438 g/mol. The number of nitrogens with one attached hydrogen (secondary N) is 2. The van der Waals surface area contributed by atoms with Gasteiger partial charge in [0.25, 0.3) is 0 Å². The van der Waals surface area contributed by atoms with Crippen LogP contribution in [0.5, 0.6) is 0 Å². The lowest BCUT2D eigenvalue weighted by Crippen LogP contribution is -2.30. The van der Waals surface area contributed by atoms with Crippen molar-refractivity contribution < 1.29 is 9.53 Å². The molecule has 0 radical (unpaired) electrons. The smallest absolute Gasteiger partial charge is 0.341 e. The zero-order chi connectivity index (χ0) is 22.5. The van der Waals surface area contributed by atoms with E-state index in [0.29, 0.717) is 17.3 Å². The molecule has 0 spiro atoms. The third-order valence-electron chi connectivity index (χ3n) is 5.40. The van der Waals surface area contributed by atoms with Gasteiger partial charge in [0.1, 0.15) is 5.00 Å². The first-order valence-electron chi connectivity index (χ1n) is 10.8. The molecule has 2 N–H and O–H groups in total. The van der Waals surface area contributed by atoms with Crippen LogP contribution in [0.4, 0.5) is 10.7 Å². The molecule has 2 aromatic carbocycles. The summed E-state index contributed by atoms with van der Waals surface area (Å²) in [6.45, 7) is 6.81. The molecule has 1 aliphatic heterocycles. The van der Waals surface area contributed by atoms with Crippen LogP contribution >= 0.6 is 23.6 Å². The van der Waals surface area contributed by atoms with E-state index in [1.165, 1.54) is 16.0 Å². The SMILES string of the molecule is CCOC(=O)c1c(NC(=S)Nc2ccc(C)cc2)sc2c1CCN(Cc1ccccc1)C2. The molecule has 0 aliphatic carbocycles. The van der Waals surface area contributed by atoms with E-state index in [1.54, 1.807) is 11.3 Å². The number of esters is 1. The molecule has 0 fully saturated rings. The van der Waals surface area contributed by atoms with Crippen LogP contribution in [0, 0.1) is 6.92 Å². The van der Waals surface area contributed by atoms with Crippen LogP contribution in [0.15, 0.2) is 54.6 Å². The minimum absolute atomic E-state index is 0.290. The van der Waals surface area contributed by atoms with Crippen molar-refractivity contribution in [2.24, 2.45) is 0 Å². The van der Waals surface area contributed by atoms with Gasteiger partial charge in [-0.05, 0) is 55.7 Å². The van der Waals surface area contributed by atoms with Crippen LogP contribution < -0.4 is 10.6 Å². The number of anilines is 2. The standard InChI is InChI=1S/C25H27N3O2S2/c1-3-30-24(29)22-20-13-14-28(15-18-7-5-4-6-8-18)16-21(20)32-23(22)27-25(31)26-19-11-9-17(2)10-12-19/h4-12H,3,13-16H2,1-2H3,(H2,26,27,31). The van der Waals surface area contributed by atoms with E-state index < -0.39 is 0 Å². The van der Waals surface area contributed by atoms with Crippen molar-refractivity contribution in [2.45, 2.75) is 33.4 Å². The first kappa shape index (κ1) is 22.5. The van der Waals surface area contributed by atoms with Crippen LogP contribution in [-0.4, -0.2) is 29.1 Å². The van der Waals surface area contributed by atoms with E-state index in [-0.39, 0.29) is 5.97 Å². The van der Waals surface area contributed by atoms with Crippen LogP contribution in [0.2, 0.25) is 0 Å². The summed E-state index contributed by atoms with van der Waals surface area (Å²) in [6.07, 6.45) is 0.812. The molecule has 166 valence electrons. The zero-order valence-corrected chi connectivity index (χ0v) is 19.9. The number of ether oxygens (including phenoxy) is 1. The lowest BCUT2D eigenvalue weighted by Gasteiger charge is -2.27. The molecular formula is C25H27N3O2S2. The molecule has 0 saturated heterocycles. The van der Waals surface area contributed by atoms with Gasteiger partial charge in [-0.1, -0.05) is 48.0 Å². The number of thiophene rings is 1. The van der Waals surface area contributed by atoms with Gasteiger partial charge in [-0.2, -0.15) is 0 Å². The highest BCUT2D eigenvalue weighted by atomic mass is 32.1. The van der Waals surface area contributed by atoms with E-state index in [4.69, 9.17) is 17.0 Å². The van der Waals surface area contributed by atoms with Gasteiger partial charge in [-0.25, -0.2) is 4.79 Å². The molecule has 1 aliphatic rings. The van der Waals surface area contributed by atoms with Crippen molar-refractivity contribution in [1.82, 2.24) is 4.90 Å². The number of thiocarbonyl (C=S) groups is 1. The second-order valence-electron chi connectivity index (χ2n) is 7.82. The van der Waals surface area contributed by atoms with Crippen LogP contribution in [0.25, 0.3) is 0 Å². The van der Waals surface area contributed by atoms with Gasteiger partial charge in [0.2, 0.25) is 0 Å². The van der Waals surface area contributed by atoms with Crippen molar-refractivity contribution >= 4 is 45.3 Å². The van der Waals surface area contributed by atoms with Gasteiger partial charge in [0.15, 0.2) is 5.11 Å². The van der Waals surface area contributed by atoms with E-state index in [2.05, 4.69) is 39.8 Å². The second kappa shape index (κ2) is 10.3. The Bertz CT molecular complexity index is 1090. The number of carbonyl (C=O) groups excluding carboxylic acids is 1. The summed E-state index contributed by atoms with van der Waals surface area (Å²) >= 11 is 7.12. The second-order valence-corrected chi connectivity index (χ2v) is 9.33. The number of aryl methyl sites for hydroxylation is 1. The number of rotatable bonds is 6. The largest absolute Gasteiger partial charge is 0.462 e. The molecule has 32 heavy (non-hydrogen) atoms. The fourth-order valence-corrected chi connectivity index (χ4v) is 5.41. The van der Waals surface area contributed by atoms with Gasteiger partial charge in [-0.3, -0.25) is 4.90 Å². The summed E-state index contributed by atoms with van der Waals surface area (Å²) in [5, 5.41) is 7.66. The number of benzene rings is 2. The highest BCUT2D eigenvalue weighted by Crippen LogP contribution is 2.38. The molecule has 1 aromatic heterocycles. The quantitative estimate of drug-likeness (QED) is 0.365. The minimum Gasteiger partial charge on any atom is -0.462 e. The summed E-state index contributed by atoms with van der Waals surface area (Å²) in [5.41, 5.74) is 5.09. The monoisotopic (exact) mass is 465 g/mol. The van der Waals surface area contributed by atoms with Crippen molar-refractivity contribution in [3.8, 4) is 0 Å². The molecule has 4 rings (SSSR count). The Labute approximate surface area is 198 Å². The number of hydrogen-bond acceptors (Lipinski definition) is 5. The van der Waals surface area contributed by atoms with Crippen LogP contribution in [0.1, 0.15) is 38.8 Å². The molecule has 0 saturated carbocycles. The maximum absolute atomic E-state index is 12.8. The summed E-state index contributed by atoms with van der Waals surface area (Å²) in [7, 11) is 0. The van der Waals surface area contributed by atoms with Gasteiger partial charge >= 0.3 is 5.97 Å². The molecule has 0 atom stereocenters. The van der Waals surface area contributed by atoms with E-state index in [0.717, 1.165) is 42.3 Å². The molecule has 0 amide bonds. The highest BCUT2D eigenvalue weighted by Gasteiger charge is 2.29. The average Bonchev–Trinajstić information content (AvgIpc) is 3.13. The van der Waals surface area contributed by atoms with Gasteiger partial charge in [0, 0.05) is 30.2 Å². The number of fused-ring (bicyclic) bond motifs is 1. The Morgan fingerprint density at radius 1 is 1.12 bits per heavy atom. The van der Waals surface area contributed by atoms with Crippen molar-refractivity contribution in [3.05, 3.63) is 81.7 Å². The van der Waals surface area contributed by atoms with Crippen LogP contribution in [0.3, 0.4) is 0 Å². The predicted octanol–water partition coefficient (Wildman–Crippen LogP) is 5.60. The van der Waals surface area contributed by atoms with Crippen molar-refractivity contribution in [3.63, 3.8) is 0 Å². The van der Waals surface area contributed by atoms with E-state index >= 15 is 0 Å². The first-order chi connectivity index (χ1) is 15.5. The third kappa shape index (κ3) is 5.35. The summed E-state index contributed by atoms with van der Waals surface area (Å²) < 4.78 is 5.38.